The van der Waals surface area contributed by atoms with Crippen LogP contribution in [0.1, 0.15) is 26.2 Å². The molecule has 0 bridgehead atoms. The number of piperidine rings is 1. The number of rotatable bonds is 3. The topological polar surface area (TPSA) is 53.0 Å². The fourth-order valence-electron chi connectivity index (χ4n) is 3.09. The minimum Gasteiger partial charge on any atom is -0.481 e. The van der Waals surface area contributed by atoms with Crippen molar-refractivity contribution in [2.75, 3.05) is 33.4 Å². The smallest absolute Gasteiger partial charge is 0.305 e. The molecule has 0 aromatic rings. The molecular weight excluding hydrogens is 232 g/mol. The summed E-state index contributed by atoms with van der Waals surface area (Å²) in [6.45, 7) is 5.52. The van der Waals surface area contributed by atoms with Crippen LogP contribution >= 0.6 is 0 Å². The first-order valence-corrected chi connectivity index (χ1v) is 6.83. The van der Waals surface area contributed by atoms with E-state index >= 15 is 0 Å². The van der Waals surface area contributed by atoms with Gasteiger partial charge in [0.1, 0.15) is 0 Å². The molecule has 104 valence electrons. The number of ether oxygens (including phenoxy) is 1. The number of aliphatic carboxylic acids is 1. The third-order valence-corrected chi connectivity index (χ3v) is 4.33. The highest BCUT2D eigenvalue weighted by Gasteiger charge is 2.34. The Kier molecular flexibility index (Phi) is 4.59. The minimum atomic E-state index is -0.725. The zero-order valence-electron chi connectivity index (χ0n) is 11.3. The number of likely N-dealkylation sites (tertiary alicyclic amines) is 1. The van der Waals surface area contributed by atoms with Gasteiger partial charge in [-0.3, -0.25) is 9.69 Å². The summed E-state index contributed by atoms with van der Waals surface area (Å²) < 4.78 is 5.44. The van der Waals surface area contributed by atoms with E-state index in [1.54, 1.807) is 0 Å². The van der Waals surface area contributed by atoms with Gasteiger partial charge in [-0.05, 0) is 33.4 Å². The molecule has 3 unspecified atom stereocenters. The van der Waals surface area contributed by atoms with Crippen molar-refractivity contribution in [1.82, 2.24) is 9.80 Å². The Morgan fingerprint density at radius 1 is 1.44 bits per heavy atom. The van der Waals surface area contributed by atoms with E-state index in [9.17, 15) is 4.79 Å². The number of carboxylic acids is 1. The number of nitrogens with zero attached hydrogens (tertiary/aromatic N) is 2. The molecule has 5 heteroatoms. The Morgan fingerprint density at radius 3 is 2.89 bits per heavy atom. The van der Waals surface area contributed by atoms with Crippen LogP contribution in [0.5, 0.6) is 0 Å². The van der Waals surface area contributed by atoms with Crippen molar-refractivity contribution in [2.24, 2.45) is 0 Å². The molecule has 0 aromatic heterocycles. The summed E-state index contributed by atoms with van der Waals surface area (Å²) in [5.74, 6) is -0.725. The fourth-order valence-corrected chi connectivity index (χ4v) is 3.09. The second-order valence-corrected chi connectivity index (χ2v) is 5.57. The first-order chi connectivity index (χ1) is 8.58. The largest absolute Gasteiger partial charge is 0.481 e. The maximum Gasteiger partial charge on any atom is 0.305 e. The molecule has 0 aliphatic carbocycles. The van der Waals surface area contributed by atoms with E-state index in [1.807, 2.05) is 0 Å². The van der Waals surface area contributed by atoms with Crippen molar-refractivity contribution in [1.29, 1.82) is 0 Å². The van der Waals surface area contributed by atoms with Gasteiger partial charge in [0.15, 0.2) is 0 Å². The van der Waals surface area contributed by atoms with E-state index in [0.29, 0.717) is 18.7 Å². The van der Waals surface area contributed by atoms with Crippen LogP contribution in [0, 0.1) is 0 Å². The maximum atomic E-state index is 10.9. The highest BCUT2D eigenvalue weighted by Crippen LogP contribution is 2.24. The zero-order valence-corrected chi connectivity index (χ0v) is 11.3. The summed E-state index contributed by atoms with van der Waals surface area (Å²) in [6, 6.07) is 1.15. The fraction of sp³-hybridized carbons (Fsp3) is 0.923. The summed E-state index contributed by atoms with van der Waals surface area (Å²) in [5.41, 5.74) is 0. The zero-order chi connectivity index (χ0) is 13.1. The molecule has 2 rings (SSSR count). The number of hydrogen-bond donors (Lipinski definition) is 1. The molecule has 2 heterocycles. The third kappa shape index (κ3) is 3.22. The van der Waals surface area contributed by atoms with Gasteiger partial charge in [0.2, 0.25) is 0 Å². The molecule has 3 atom stereocenters. The van der Waals surface area contributed by atoms with Crippen LogP contribution in [-0.2, 0) is 9.53 Å². The second-order valence-electron chi connectivity index (χ2n) is 5.57. The minimum absolute atomic E-state index is 0.0526. The molecule has 2 saturated heterocycles. The lowest BCUT2D eigenvalue weighted by atomic mass is 9.95. The summed E-state index contributed by atoms with van der Waals surface area (Å²) in [5, 5.41) is 8.99. The average molecular weight is 256 g/mol. The molecule has 0 radical (unpaired) electrons. The molecule has 2 aliphatic rings. The number of carboxylic acid groups (broad SMARTS) is 1. The molecule has 0 saturated carbocycles. The Bertz CT molecular complexity index is 298. The van der Waals surface area contributed by atoms with Crippen LogP contribution in [0.15, 0.2) is 0 Å². The quantitative estimate of drug-likeness (QED) is 0.803. The summed E-state index contributed by atoms with van der Waals surface area (Å²) in [7, 11) is 2.16. The van der Waals surface area contributed by atoms with Gasteiger partial charge in [0.05, 0.1) is 19.6 Å². The van der Waals surface area contributed by atoms with Crippen molar-refractivity contribution in [3.63, 3.8) is 0 Å². The van der Waals surface area contributed by atoms with Gasteiger partial charge in [0, 0.05) is 24.7 Å². The van der Waals surface area contributed by atoms with E-state index in [4.69, 9.17) is 9.84 Å². The van der Waals surface area contributed by atoms with Crippen molar-refractivity contribution in [3.8, 4) is 0 Å². The van der Waals surface area contributed by atoms with Gasteiger partial charge in [-0.1, -0.05) is 0 Å². The molecule has 5 nitrogen and oxygen atoms in total. The van der Waals surface area contributed by atoms with Crippen molar-refractivity contribution < 1.29 is 14.6 Å². The molecule has 0 amide bonds. The molecule has 1 N–H and O–H groups in total. The maximum absolute atomic E-state index is 10.9. The first-order valence-electron chi connectivity index (χ1n) is 6.83. The highest BCUT2D eigenvalue weighted by atomic mass is 16.5. The summed E-state index contributed by atoms with van der Waals surface area (Å²) >= 11 is 0. The molecule has 2 fully saturated rings. The van der Waals surface area contributed by atoms with Crippen LogP contribution in [0.4, 0.5) is 0 Å². The molecule has 0 spiro atoms. The van der Waals surface area contributed by atoms with Crippen LogP contribution in [0.2, 0.25) is 0 Å². The summed E-state index contributed by atoms with van der Waals surface area (Å²) in [4.78, 5) is 15.7. The lowest BCUT2D eigenvalue weighted by Gasteiger charge is -2.45. The van der Waals surface area contributed by atoms with Gasteiger partial charge in [0.25, 0.3) is 0 Å². The van der Waals surface area contributed by atoms with Gasteiger partial charge in [-0.15, -0.1) is 0 Å². The average Bonchev–Trinajstić information content (AvgIpc) is 2.33. The van der Waals surface area contributed by atoms with E-state index < -0.39 is 5.97 Å². The first kappa shape index (κ1) is 13.8. The van der Waals surface area contributed by atoms with Crippen LogP contribution < -0.4 is 0 Å². The van der Waals surface area contributed by atoms with E-state index in [1.165, 1.54) is 0 Å². The second kappa shape index (κ2) is 5.99. The summed E-state index contributed by atoms with van der Waals surface area (Å²) in [6.07, 6.45) is 2.46. The van der Waals surface area contributed by atoms with Gasteiger partial charge >= 0.3 is 5.97 Å². The Hall–Kier alpha value is -0.650. The van der Waals surface area contributed by atoms with Crippen molar-refractivity contribution in [3.05, 3.63) is 0 Å². The van der Waals surface area contributed by atoms with Gasteiger partial charge in [-0.25, -0.2) is 0 Å². The molecule has 18 heavy (non-hydrogen) atoms. The Balaban J connectivity index is 1.97. The predicted molar refractivity (Wildman–Crippen MR) is 68.7 cm³/mol. The van der Waals surface area contributed by atoms with Gasteiger partial charge < -0.3 is 14.7 Å². The highest BCUT2D eigenvalue weighted by molar-refractivity contribution is 5.67. The van der Waals surface area contributed by atoms with Crippen LogP contribution in [0.3, 0.4) is 0 Å². The van der Waals surface area contributed by atoms with Crippen LogP contribution in [-0.4, -0.2) is 72.4 Å². The lowest BCUT2D eigenvalue weighted by molar-refractivity contribution is -0.141. The van der Waals surface area contributed by atoms with E-state index in [-0.39, 0.29) is 12.5 Å². The Labute approximate surface area is 109 Å². The normalized spacial score (nSPS) is 35.6. The Morgan fingerprint density at radius 2 is 2.22 bits per heavy atom. The SMILES string of the molecule is CC1CC(N2CCOCC2CC(=O)O)CCN1C. The molecule has 2 aliphatic heterocycles. The number of hydrogen-bond acceptors (Lipinski definition) is 4. The van der Waals surface area contributed by atoms with E-state index in [2.05, 4.69) is 23.8 Å². The van der Waals surface area contributed by atoms with Crippen molar-refractivity contribution in [2.45, 2.75) is 44.3 Å². The van der Waals surface area contributed by atoms with E-state index in [0.717, 1.165) is 32.5 Å². The monoisotopic (exact) mass is 256 g/mol. The van der Waals surface area contributed by atoms with Crippen LogP contribution in [0.25, 0.3) is 0 Å². The lowest BCUT2D eigenvalue weighted by Crippen LogP contribution is -2.55. The molecule has 0 aromatic carbocycles. The third-order valence-electron chi connectivity index (χ3n) is 4.33. The predicted octanol–water partition coefficient (Wildman–Crippen LogP) is 0.645. The van der Waals surface area contributed by atoms with Gasteiger partial charge in [-0.2, -0.15) is 0 Å². The number of morpholine rings is 1. The number of carbonyl (C=O) groups is 1. The standard InChI is InChI=1S/C13H24N2O3/c1-10-7-11(3-4-14(10)2)15-5-6-18-9-12(15)8-13(16)17/h10-12H,3-9H2,1-2H3,(H,16,17). The van der Waals surface area contributed by atoms with Crippen molar-refractivity contribution >= 4 is 5.97 Å². The molecular formula is C13H24N2O3.